The summed E-state index contributed by atoms with van der Waals surface area (Å²) in [7, 11) is 0. The summed E-state index contributed by atoms with van der Waals surface area (Å²) in [6.07, 6.45) is 3.17. The van der Waals surface area contributed by atoms with E-state index in [4.69, 9.17) is 9.84 Å². The minimum absolute atomic E-state index is 0.102. The van der Waals surface area contributed by atoms with Crippen molar-refractivity contribution in [3.05, 3.63) is 0 Å². The number of hydrogen-bond acceptors (Lipinski definition) is 3. The van der Waals surface area contributed by atoms with Gasteiger partial charge in [0, 0.05) is 13.2 Å². The van der Waals surface area contributed by atoms with Gasteiger partial charge in [-0.1, -0.05) is 20.3 Å². The smallest absolute Gasteiger partial charge is 0.326 e. The molecule has 1 rings (SSSR count). The van der Waals surface area contributed by atoms with E-state index in [2.05, 4.69) is 10.6 Å². The fraction of sp³-hybridized carbons (Fsp3) is 0.846. The predicted molar refractivity (Wildman–Crippen MR) is 71.0 cm³/mol. The number of carbonyl (C=O) groups excluding carboxylic acids is 1. The summed E-state index contributed by atoms with van der Waals surface area (Å²) in [6.45, 7) is 5.31. The van der Waals surface area contributed by atoms with Crippen molar-refractivity contribution in [1.29, 1.82) is 0 Å². The molecule has 2 atom stereocenters. The molecule has 0 spiro atoms. The van der Waals surface area contributed by atoms with Crippen molar-refractivity contribution in [2.75, 3.05) is 19.8 Å². The molecule has 110 valence electrons. The van der Waals surface area contributed by atoms with Crippen molar-refractivity contribution in [3.8, 4) is 0 Å². The summed E-state index contributed by atoms with van der Waals surface area (Å²) in [5.41, 5.74) is 0. The summed E-state index contributed by atoms with van der Waals surface area (Å²) in [6, 6.07) is -1.31. The Morgan fingerprint density at radius 2 is 2.11 bits per heavy atom. The monoisotopic (exact) mass is 272 g/mol. The van der Waals surface area contributed by atoms with Crippen LogP contribution in [0.2, 0.25) is 0 Å². The number of aliphatic carboxylic acids is 1. The van der Waals surface area contributed by atoms with Crippen LogP contribution >= 0.6 is 0 Å². The van der Waals surface area contributed by atoms with Crippen molar-refractivity contribution in [3.63, 3.8) is 0 Å². The summed E-state index contributed by atoms with van der Waals surface area (Å²) < 4.78 is 5.37. The highest BCUT2D eigenvalue weighted by Gasteiger charge is 2.25. The third-order valence-corrected chi connectivity index (χ3v) is 3.35. The quantitative estimate of drug-likeness (QED) is 0.551. The van der Waals surface area contributed by atoms with Crippen LogP contribution < -0.4 is 10.6 Å². The van der Waals surface area contributed by atoms with Crippen LogP contribution in [-0.4, -0.2) is 42.9 Å². The highest BCUT2D eigenvalue weighted by atomic mass is 16.5. The van der Waals surface area contributed by atoms with E-state index in [1.807, 2.05) is 6.92 Å². The lowest BCUT2D eigenvalue weighted by atomic mass is 9.99. The minimum Gasteiger partial charge on any atom is -0.480 e. The molecule has 1 aliphatic rings. The van der Waals surface area contributed by atoms with Gasteiger partial charge in [-0.2, -0.15) is 0 Å². The summed E-state index contributed by atoms with van der Waals surface area (Å²) in [5, 5.41) is 14.1. The molecule has 0 aromatic rings. The molecule has 0 unspecified atom stereocenters. The summed E-state index contributed by atoms with van der Waals surface area (Å²) in [5.74, 6) is -0.403. The fourth-order valence-electron chi connectivity index (χ4n) is 1.65. The van der Waals surface area contributed by atoms with Crippen LogP contribution in [0.5, 0.6) is 0 Å². The van der Waals surface area contributed by atoms with Gasteiger partial charge in [0.05, 0.1) is 6.61 Å². The van der Waals surface area contributed by atoms with Crippen molar-refractivity contribution in [2.24, 2.45) is 11.8 Å². The molecule has 1 saturated carbocycles. The van der Waals surface area contributed by atoms with Gasteiger partial charge in [-0.25, -0.2) is 9.59 Å². The third kappa shape index (κ3) is 6.42. The number of amides is 2. The van der Waals surface area contributed by atoms with Crippen molar-refractivity contribution < 1.29 is 19.4 Å². The lowest BCUT2D eigenvalue weighted by Gasteiger charge is -2.20. The summed E-state index contributed by atoms with van der Waals surface area (Å²) >= 11 is 0. The largest absolute Gasteiger partial charge is 0.480 e. The van der Waals surface area contributed by atoms with Crippen LogP contribution in [0.25, 0.3) is 0 Å². The van der Waals surface area contributed by atoms with E-state index in [0.717, 1.165) is 6.61 Å². The number of carbonyl (C=O) groups is 2. The molecule has 2 amide bonds. The molecule has 0 saturated heterocycles. The molecule has 0 aliphatic heterocycles. The second-order valence-corrected chi connectivity index (χ2v) is 5.12. The van der Waals surface area contributed by atoms with Crippen molar-refractivity contribution in [2.45, 2.75) is 39.2 Å². The number of hydrogen-bond donors (Lipinski definition) is 3. The van der Waals surface area contributed by atoms with Gasteiger partial charge in [0.1, 0.15) is 6.04 Å². The first-order chi connectivity index (χ1) is 9.04. The SMILES string of the molecule is CC[C@H](C)[C@H](NC(=O)NCCOCC1CC1)C(=O)O. The molecule has 0 bridgehead atoms. The molecule has 6 heteroatoms. The maximum absolute atomic E-state index is 11.5. The first-order valence-electron chi connectivity index (χ1n) is 6.89. The number of ether oxygens (including phenoxy) is 1. The molecular formula is C13H24N2O4. The number of nitrogens with one attached hydrogen (secondary N) is 2. The van der Waals surface area contributed by atoms with Crippen LogP contribution in [0.15, 0.2) is 0 Å². The van der Waals surface area contributed by atoms with E-state index in [9.17, 15) is 9.59 Å². The molecule has 6 nitrogen and oxygen atoms in total. The Balaban J connectivity index is 2.14. The van der Waals surface area contributed by atoms with Gasteiger partial charge in [0.2, 0.25) is 0 Å². The lowest BCUT2D eigenvalue weighted by molar-refractivity contribution is -0.140. The van der Waals surface area contributed by atoms with Gasteiger partial charge < -0.3 is 20.5 Å². The van der Waals surface area contributed by atoms with Crippen LogP contribution in [0, 0.1) is 11.8 Å². The van der Waals surface area contributed by atoms with E-state index >= 15 is 0 Å². The zero-order valence-corrected chi connectivity index (χ0v) is 11.6. The van der Waals surface area contributed by atoms with Gasteiger partial charge in [0.25, 0.3) is 0 Å². The van der Waals surface area contributed by atoms with E-state index in [1.54, 1.807) is 6.92 Å². The van der Waals surface area contributed by atoms with Gasteiger partial charge in [0.15, 0.2) is 0 Å². The zero-order chi connectivity index (χ0) is 14.3. The van der Waals surface area contributed by atoms with Gasteiger partial charge in [-0.3, -0.25) is 0 Å². The van der Waals surface area contributed by atoms with E-state index in [-0.39, 0.29) is 5.92 Å². The topological polar surface area (TPSA) is 87.7 Å². The zero-order valence-electron chi connectivity index (χ0n) is 11.6. The van der Waals surface area contributed by atoms with E-state index in [1.165, 1.54) is 12.8 Å². The maximum atomic E-state index is 11.5. The molecule has 0 aromatic heterocycles. The molecule has 3 N–H and O–H groups in total. The molecule has 0 heterocycles. The molecule has 0 radical (unpaired) electrons. The Labute approximate surface area is 113 Å². The fourth-order valence-corrected chi connectivity index (χ4v) is 1.65. The molecular weight excluding hydrogens is 248 g/mol. The van der Waals surface area contributed by atoms with Crippen LogP contribution in [0.3, 0.4) is 0 Å². The van der Waals surface area contributed by atoms with Crippen LogP contribution in [-0.2, 0) is 9.53 Å². The number of carboxylic acids is 1. The molecule has 0 aromatic carbocycles. The Morgan fingerprint density at radius 1 is 1.42 bits per heavy atom. The second-order valence-electron chi connectivity index (χ2n) is 5.12. The Bertz CT molecular complexity index is 305. The second kappa shape index (κ2) is 7.99. The van der Waals surface area contributed by atoms with Crippen LogP contribution in [0.4, 0.5) is 4.79 Å². The van der Waals surface area contributed by atoms with E-state index < -0.39 is 18.0 Å². The molecule has 1 fully saturated rings. The van der Waals surface area contributed by atoms with Crippen molar-refractivity contribution >= 4 is 12.0 Å². The third-order valence-electron chi connectivity index (χ3n) is 3.35. The predicted octanol–water partition coefficient (Wildman–Crippen LogP) is 1.21. The molecule has 19 heavy (non-hydrogen) atoms. The van der Waals surface area contributed by atoms with Crippen LogP contribution in [0.1, 0.15) is 33.1 Å². The standard InChI is InChI=1S/C13H24N2O4/c1-3-9(2)11(12(16)17)15-13(18)14-6-7-19-8-10-4-5-10/h9-11H,3-8H2,1-2H3,(H,16,17)(H2,14,15,18)/t9-,11-/m0/s1. The Kier molecular flexibility index (Phi) is 6.62. The lowest BCUT2D eigenvalue weighted by Crippen LogP contribution is -2.49. The number of carboxylic acid groups (broad SMARTS) is 1. The average molecular weight is 272 g/mol. The summed E-state index contributed by atoms with van der Waals surface area (Å²) in [4.78, 5) is 22.6. The first kappa shape index (κ1) is 15.8. The maximum Gasteiger partial charge on any atom is 0.326 e. The highest BCUT2D eigenvalue weighted by Crippen LogP contribution is 2.28. The normalized spacial score (nSPS) is 17.6. The Hall–Kier alpha value is -1.30. The molecule has 1 aliphatic carbocycles. The number of urea groups is 1. The van der Waals surface area contributed by atoms with Crippen molar-refractivity contribution in [1.82, 2.24) is 10.6 Å². The Morgan fingerprint density at radius 3 is 2.63 bits per heavy atom. The highest BCUT2D eigenvalue weighted by molar-refractivity contribution is 5.82. The minimum atomic E-state index is -1.01. The average Bonchev–Trinajstić information content (AvgIpc) is 3.18. The van der Waals surface area contributed by atoms with Gasteiger partial charge in [-0.15, -0.1) is 0 Å². The van der Waals surface area contributed by atoms with Gasteiger partial charge >= 0.3 is 12.0 Å². The van der Waals surface area contributed by atoms with Gasteiger partial charge in [-0.05, 0) is 24.7 Å². The first-order valence-corrected chi connectivity index (χ1v) is 6.89. The van der Waals surface area contributed by atoms with E-state index in [0.29, 0.717) is 25.5 Å². The number of rotatable bonds is 9.